The Bertz CT molecular complexity index is 972. The molecule has 3 aromatic rings. The first-order valence-electron chi connectivity index (χ1n) is 8.80. The topological polar surface area (TPSA) is 51.7 Å². The summed E-state index contributed by atoms with van der Waals surface area (Å²) in [4.78, 5) is 19.6. The van der Waals surface area contributed by atoms with Gasteiger partial charge in [0.2, 0.25) is 5.76 Å². The zero-order valence-electron chi connectivity index (χ0n) is 15.3. The molecule has 2 aromatic carbocycles. The van der Waals surface area contributed by atoms with E-state index in [1.165, 1.54) is 17.6 Å². The van der Waals surface area contributed by atoms with Crippen LogP contribution in [0, 0.1) is 13.8 Å². The monoisotopic (exact) mass is 380 g/mol. The zero-order valence-corrected chi connectivity index (χ0v) is 16.1. The summed E-state index contributed by atoms with van der Waals surface area (Å²) in [5, 5.41) is 0.659. The van der Waals surface area contributed by atoms with E-state index < -0.39 is 0 Å². The van der Waals surface area contributed by atoms with Gasteiger partial charge in [-0.05, 0) is 30.5 Å². The fraction of sp³-hybridized carbons (Fsp3) is 0.238. The standard InChI is InChI=1S/C21H20N2O3S/c1-14-8-9-15(2)19-18(14)22-21(27-19)23(12-16-6-4-3-5-7-16)20(24)17-13-25-10-11-26-17/h3-9,13H,10-12H2,1-2H3. The van der Waals surface area contributed by atoms with Gasteiger partial charge >= 0.3 is 0 Å². The zero-order chi connectivity index (χ0) is 18.8. The van der Waals surface area contributed by atoms with Crippen molar-refractivity contribution in [1.29, 1.82) is 0 Å². The minimum atomic E-state index is -0.243. The SMILES string of the molecule is Cc1ccc(C)c2sc(N(Cc3ccccc3)C(=O)C3=COCCO3)nc12. The molecule has 1 aliphatic heterocycles. The molecule has 0 fully saturated rings. The highest BCUT2D eigenvalue weighted by atomic mass is 32.1. The Morgan fingerprint density at radius 2 is 1.89 bits per heavy atom. The van der Waals surface area contributed by atoms with Gasteiger partial charge < -0.3 is 9.47 Å². The van der Waals surface area contributed by atoms with E-state index in [-0.39, 0.29) is 11.7 Å². The van der Waals surface area contributed by atoms with Gasteiger partial charge in [0.25, 0.3) is 5.91 Å². The van der Waals surface area contributed by atoms with E-state index >= 15 is 0 Å². The third-order valence-electron chi connectivity index (χ3n) is 4.45. The molecule has 0 aliphatic carbocycles. The Morgan fingerprint density at radius 1 is 1.11 bits per heavy atom. The molecular formula is C21H20N2O3S. The van der Waals surface area contributed by atoms with E-state index in [2.05, 4.69) is 19.1 Å². The van der Waals surface area contributed by atoms with Crippen molar-refractivity contribution in [1.82, 2.24) is 4.98 Å². The second-order valence-electron chi connectivity index (χ2n) is 6.45. The van der Waals surface area contributed by atoms with Gasteiger partial charge in [-0.1, -0.05) is 53.8 Å². The van der Waals surface area contributed by atoms with Crippen molar-refractivity contribution in [2.75, 3.05) is 18.1 Å². The average Bonchev–Trinajstić information content (AvgIpc) is 3.16. The molecule has 0 N–H and O–H groups in total. The Labute approximate surface area is 161 Å². The van der Waals surface area contributed by atoms with Crippen LogP contribution in [0.3, 0.4) is 0 Å². The number of thiazole rings is 1. The number of anilines is 1. The molecule has 0 saturated heterocycles. The van der Waals surface area contributed by atoms with Gasteiger partial charge in [-0.15, -0.1) is 0 Å². The predicted molar refractivity (Wildman–Crippen MR) is 107 cm³/mol. The second kappa shape index (κ2) is 7.40. The van der Waals surface area contributed by atoms with Crippen molar-refractivity contribution in [3.05, 3.63) is 71.2 Å². The number of hydrogen-bond acceptors (Lipinski definition) is 5. The third-order valence-corrected chi connectivity index (χ3v) is 5.66. The number of carbonyl (C=O) groups excluding carboxylic acids is 1. The molecule has 138 valence electrons. The molecule has 0 radical (unpaired) electrons. The van der Waals surface area contributed by atoms with Gasteiger partial charge in [-0.25, -0.2) is 4.98 Å². The van der Waals surface area contributed by atoms with Crippen molar-refractivity contribution in [3.63, 3.8) is 0 Å². The lowest BCUT2D eigenvalue weighted by atomic mass is 10.1. The number of fused-ring (bicyclic) bond motifs is 1. The number of benzene rings is 2. The number of ether oxygens (including phenoxy) is 2. The fourth-order valence-corrected chi connectivity index (χ4v) is 4.08. The van der Waals surface area contributed by atoms with Crippen LogP contribution in [0.1, 0.15) is 16.7 Å². The molecule has 1 aliphatic rings. The number of hydrogen-bond donors (Lipinski definition) is 0. The van der Waals surface area contributed by atoms with Crippen molar-refractivity contribution in [3.8, 4) is 0 Å². The second-order valence-corrected chi connectivity index (χ2v) is 7.43. The van der Waals surface area contributed by atoms with Crippen LogP contribution in [0.15, 0.2) is 54.5 Å². The molecule has 0 saturated carbocycles. The molecule has 1 amide bonds. The van der Waals surface area contributed by atoms with E-state index in [9.17, 15) is 4.79 Å². The lowest BCUT2D eigenvalue weighted by Gasteiger charge is -2.23. The van der Waals surface area contributed by atoms with Crippen molar-refractivity contribution >= 4 is 32.6 Å². The molecule has 0 atom stereocenters. The van der Waals surface area contributed by atoms with Gasteiger partial charge in [0, 0.05) is 0 Å². The van der Waals surface area contributed by atoms with Crippen LogP contribution in [0.2, 0.25) is 0 Å². The van der Waals surface area contributed by atoms with Gasteiger partial charge in [-0.3, -0.25) is 9.69 Å². The first-order valence-corrected chi connectivity index (χ1v) is 9.62. The Balaban J connectivity index is 1.77. The smallest absolute Gasteiger partial charge is 0.298 e. The Hall–Kier alpha value is -2.86. The lowest BCUT2D eigenvalue weighted by Crippen LogP contribution is -2.33. The summed E-state index contributed by atoms with van der Waals surface area (Å²) in [5.74, 6) is -0.0298. The number of rotatable bonds is 4. The highest BCUT2D eigenvalue weighted by Gasteiger charge is 2.27. The molecule has 2 heterocycles. The average molecular weight is 380 g/mol. The largest absolute Gasteiger partial charge is 0.494 e. The maximum Gasteiger partial charge on any atom is 0.298 e. The van der Waals surface area contributed by atoms with E-state index in [1.54, 1.807) is 4.90 Å². The normalized spacial score (nSPS) is 13.6. The predicted octanol–water partition coefficient (Wildman–Crippen LogP) is 4.33. The fourth-order valence-electron chi connectivity index (χ4n) is 2.97. The van der Waals surface area contributed by atoms with Crippen molar-refractivity contribution in [2.24, 2.45) is 0 Å². The van der Waals surface area contributed by atoms with E-state index in [0.717, 1.165) is 26.9 Å². The van der Waals surface area contributed by atoms with Gasteiger partial charge in [-0.2, -0.15) is 0 Å². The van der Waals surface area contributed by atoms with Crippen molar-refractivity contribution in [2.45, 2.75) is 20.4 Å². The minimum Gasteiger partial charge on any atom is -0.494 e. The molecule has 6 heteroatoms. The van der Waals surface area contributed by atoms with Crippen LogP contribution in [0.4, 0.5) is 5.13 Å². The Kier molecular flexibility index (Phi) is 4.81. The summed E-state index contributed by atoms with van der Waals surface area (Å²) in [7, 11) is 0. The minimum absolute atomic E-state index is 0.213. The van der Waals surface area contributed by atoms with E-state index in [1.807, 2.05) is 37.3 Å². The van der Waals surface area contributed by atoms with E-state index in [0.29, 0.717) is 24.9 Å². The molecule has 27 heavy (non-hydrogen) atoms. The van der Waals surface area contributed by atoms with Crippen LogP contribution >= 0.6 is 11.3 Å². The highest BCUT2D eigenvalue weighted by molar-refractivity contribution is 7.22. The third kappa shape index (κ3) is 3.53. The first kappa shape index (κ1) is 17.5. The molecule has 0 unspecified atom stereocenters. The maximum atomic E-state index is 13.2. The maximum absolute atomic E-state index is 13.2. The number of aryl methyl sites for hydroxylation is 2. The summed E-state index contributed by atoms with van der Waals surface area (Å²) in [5.41, 5.74) is 4.22. The summed E-state index contributed by atoms with van der Waals surface area (Å²) >= 11 is 1.53. The number of nitrogens with zero attached hydrogens (tertiary/aromatic N) is 2. The summed E-state index contributed by atoms with van der Waals surface area (Å²) in [6, 6.07) is 14.0. The quantitative estimate of drug-likeness (QED) is 0.676. The van der Waals surface area contributed by atoms with Crippen LogP contribution in [0.5, 0.6) is 0 Å². The summed E-state index contributed by atoms with van der Waals surface area (Å²) in [6.07, 6.45) is 1.40. The van der Waals surface area contributed by atoms with E-state index in [4.69, 9.17) is 14.5 Å². The molecular weight excluding hydrogens is 360 g/mol. The molecule has 1 aromatic heterocycles. The van der Waals surface area contributed by atoms with Crippen LogP contribution in [-0.2, 0) is 20.8 Å². The molecule has 0 bridgehead atoms. The van der Waals surface area contributed by atoms with Gasteiger partial charge in [0.1, 0.15) is 19.5 Å². The van der Waals surface area contributed by atoms with Crippen LogP contribution < -0.4 is 4.90 Å². The lowest BCUT2D eigenvalue weighted by molar-refractivity contribution is -0.119. The number of carbonyl (C=O) groups is 1. The van der Waals surface area contributed by atoms with Gasteiger partial charge in [0.05, 0.1) is 16.8 Å². The summed E-state index contributed by atoms with van der Waals surface area (Å²) < 4.78 is 11.9. The molecule has 5 nitrogen and oxygen atoms in total. The number of amides is 1. The van der Waals surface area contributed by atoms with Crippen molar-refractivity contribution < 1.29 is 14.3 Å². The summed E-state index contributed by atoms with van der Waals surface area (Å²) in [6.45, 7) is 5.34. The molecule has 4 rings (SSSR count). The first-order chi connectivity index (χ1) is 13.1. The highest BCUT2D eigenvalue weighted by Crippen LogP contribution is 2.34. The van der Waals surface area contributed by atoms with Crippen LogP contribution in [-0.4, -0.2) is 24.1 Å². The van der Waals surface area contributed by atoms with Crippen LogP contribution in [0.25, 0.3) is 10.2 Å². The number of aromatic nitrogens is 1. The van der Waals surface area contributed by atoms with Gasteiger partial charge in [0.15, 0.2) is 5.13 Å². The molecule has 0 spiro atoms. The Morgan fingerprint density at radius 3 is 2.59 bits per heavy atom.